The van der Waals surface area contributed by atoms with Crippen LogP contribution in [0.1, 0.15) is 40.2 Å². The van der Waals surface area contributed by atoms with E-state index in [0.29, 0.717) is 26.4 Å². The monoisotopic (exact) mass is 365 g/mol. The predicted octanol–water partition coefficient (Wildman–Crippen LogP) is 2.85. The Morgan fingerprint density at radius 2 is 1.73 bits per heavy atom. The van der Waals surface area contributed by atoms with E-state index in [1.165, 1.54) is 5.56 Å². The number of aliphatic hydroxyl groups is 1. The molecule has 5 heteroatoms. The number of aliphatic hydroxyl groups excluding tert-OH is 1. The van der Waals surface area contributed by atoms with Crippen LogP contribution in [-0.2, 0) is 14.9 Å². The highest BCUT2D eigenvalue weighted by molar-refractivity contribution is 5.31. The summed E-state index contributed by atoms with van der Waals surface area (Å²) >= 11 is 0. The van der Waals surface area contributed by atoms with Crippen LogP contribution < -0.4 is 4.74 Å². The average molecular weight is 366 g/mol. The fraction of sp³-hybridized carbons (Fsp3) is 0.714. The number of ether oxygens (including phenoxy) is 3. The first-order chi connectivity index (χ1) is 12.2. The molecule has 2 rings (SSSR count). The number of rotatable bonds is 8. The summed E-state index contributed by atoms with van der Waals surface area (Å²) in [6, 6.07) is 8.20. The summed E-state index contributed by atoms with van der Waals surface area (Å²) in [5.41, 5.74) is 1.43. The van der Waals surface area contributed by atoms with Gasteiger partial charge in [0.2, 0.25) is 0 Å². The predicted molar refractivity (Wildman–Crippen MR) is 104 cm³/mol. The molecule has 0 amide bonds. The van der Waals surface area contributed by atoms with E-state index in [0.717, 1.165) is 18.8 Å². The Bertz CT molecular complexity index is 516. The summed E-state index contributed by atoms with van der Waals surface area (Å²) in [5.74, 6) is 0.846. The van der Waals surface area contributed by atoms with Crippen molar-refractivity contribution in [1.82, 2.24) is 4.90 Å². The molecule has 1 saturated heterocycles. The van der Waals surface area contributed by atoms with Gasteiger partial charge in [-0.05, 0) is 37.0 Å². The second-order valence-corrected chi connectivity index (χ2v) is 8.33. The standard InChI is InChI=1S/C21H35NO4/c1-16-12-22(13-17(2)26-16)14-19(23)15-24-10-11-25-20-8-6-18(7-9-20)21(3,4)5/h6-9,16-17,19,23H,10-15H2,1-5H3/t16-,17-,19-/m0/s1. The van der Waals surface area contributed by atoms with E-state index in [1.54, 1.807) is 0 Å². The summed E-state index contributed by atoms with van der Waals surface area (Å²) < 4.78 is 17.0. The minimum atomic E-state index is -0.487. The molecule has 1 aliphatic rings. The highest BCUT2D eigenvalue weighted by Gasteiger charge is 2.23. The minimum absolute atomic E-state index is 0.147. The van der Waals surface area contributed by atoms with Gasteiger partial charge in [0.15, 0.2) is 0 Å². The van der Waals surface area contributed by atoms with Crippen molar-refractivity contribution in [2.24, 2.45) is 0 Å². The number of benzene rings is 1. The lowest BCUT2D eigenvalue weighted by molar-refractivity contribution is -0.0824. The molecule has 148 valence electrons. The molecular weight excluding hydrogens is 330 g/mol. The highest BCUT2D eigenvalue weighted by Crippen LogP contribution is 2.24. The van der Waals surface area contributed by atoms with Crippen molar-refractivity contribution >= 4 is 0 Å². The number of morpholine rings is 1. The number of hydrogen-bond acceptors (Lipinski definition) is 5. The molecule has 0 aromatic heterocycles. The van der Waals surface area contributed by atoms with E-state index in [1.807, 2.05) is 12.1 Å². The Morgan fingerprint density at radius 3 is 2.31 bits per heavy atom. The molecule has 1 aromatic rings. The summed E-state index contributed by atoms with van der Waals surface area (Å²) in [5, 5.41) is 10.1. The second-order valence-electron chi connectivity index (χ2n) is 8.33. The van der Waals surface area contributed by atoms with Gasteiger partial charge < -0.3 is 19.3 Å². The molecule has 1 heterocycles. The zero-order valence-electron chi connectivity index (χ0n) is 16.9. The molecular formula is C21H35NO4. The maximum atomic E-state index is 10.1. The van der Waals surface area contributed by atoms with Crippen molar-refractivity contribution in [3.05, 3.63) is 29.8 Å². The van der Waals surface area contributed by atoms with Crippen LogP contribution in [0.2, 0.25) is 0 Å². The lowest BCUT2D eigenvalue weighted by Gasteiger charge is -2.36. The first-order valence-corrected chi connectivity index (χ1v) is 9.61. The van der Waals surface area contributed by atoms with Crippen LogP contribution in [0.25, 0.3) is 0 Å². The molecule has 26 heavy (non-hydrogen) atoms. The van der Waals surface area contributed by atoms with Crippen LogP contribution in [0.5, 0.6) is 5.75 Å². The van der Waals surface area contributed by atoms with E-state index in [2.05, 4.69) is 51.7 Å². The van der Waals surface area contributed by atoms with Crippen molar-refractivity contribution in [2.75, 3.05) is 39.5 Å². The third-order valence-corrected chi connectivity index (χ3v) is 4.49. The summed E-state index contributed by atoms with van der Waals surface area (Å²) in [6.45, 7) is 14.3. The minimum Gasteiger partial charge on any atom is -0.491 e. The van der Waals surface area contributed by atoms with Gasteiger partial charge in [0.05, 0.1) is 31.5 Å². The van der Waals surface area contributed by atoms with Gasteiger partial charge in [-0.25, -0.2) is 0 Å². The van der Waals surface area contributed by atoms with Gasteiger partial charge >= 0.3 is 0 Å². The molecule has 3 atom stereocenters. The summed E-state index contributed by atoms with van der Waals surface area (Å²) in [4.78, 5) is 2.24. The van der Waals surface area contributed by atoms with Crippen molar-refractivity contribution in [3.8, 4) is 5.75 Å². The molecule has 1 aliphatic heterocycles. The van der Waals surface area contributed by atoms with E-state index in [-0.39, 0.29) is 17.6 Å². The number of hydrogen-bond donors (Lipinski definition) is 1. The van der Waals surface area contributed by atoms with Crippen molar-refractivity contribution < 1.29 is 19.3 Å². The quantitative estimate of drug-likeness (QED) is 0.718. The van der Waals surface area contributed by atoms with Crippen molar-refractivity contribution in [1.29, 1.82) is 0 Å². The third kappa shape index (κ3) is 7.23. The average Bonchev–Trinajstić information content (AvgIpc) is 2.53. The van der Waals surface area contributed by atoms with E-state index in [9.17, 15) is 5.11 Å². The van der Waals surface area contributed by atoms with Crippen molar-refractivity contribution in [2.45, 2.75) is 58.3 Å². The zero-order valence-corrected chi connectivity index (χ0v) is 16.9. The maximum absolute atomic E-state index is 10.1. The highest BCUT2D eigenvalue weighted by atomic mass is 16.5. The lowest BCUT2D eigenvalue weighted by Crippen LogP contribution is -2.48. The van der Waals surface area contributed by atoms with Gasteiger partial charge in [0.1, 0.15) is 12.4 Å². The Labute approximate surface area is 158 Å². The molecule has 0 bridgehead atoms. The third-order valence-electron chi connectivity index (χ3n) is 4.49. The topological polar surface area (TPSA) is 51.2 Å². The van der Waals surface area contributed by atoms with Crippen LogP contribution in [0, 0.1) is 0 Å². The lowest BCUT2D eigenvalue weighted by atomic mass is 9.87. The van der Waals surface area contributed by atoms with Crippen molar-refractivity contribution in [3.63, 3.8) is 0 Å². The van der Waals surface area contributed by atoms with E-state index in [4.69, 9.17) is 14.2 Å². The largest absolute Gasteiger partial charge is 0.491 e. The molecule has 1 aromatic carbocycles. The summed E-state index contributed by atoms with van der Waals surface area (Å²) in [6.07, 6.45) is -0.0616. The molecule has 0 saturated carbocycles. The van der Waals surface area contributed by atoms with Crippen LogP contribution in [0.15, 0.2) is 24.3 Å². The Kier molecular flexibility index (Phi) is 7.89. The van der Waals surface area contributed by atoms with Gasteiger partial charge in [0.25, 0.3) is 0 Å². The molecule has 5 nitrogen and oxygen atoms in total. The van der Waals surface area contributed by atoms with Crippen LogP contribution in [0.4, 0.5) is 0 Å². The van der Waals surface area contributed by atoms with Gasteiger partial charge in [-0.15, -0.1) is 0 Å². The van der Waals surface area contributed by atoms with E-state index >= 15 is 0 Å². The van der Waals surface area contributed by atoms with Gasteiger partial charge in [0, 0.05) is 19.6 Å². The Hall–Kier alpha value is -1.14. The molecule has 0 radical (unpaired) electrons. The Morgan fingerprint density at radius 1 is 1.12 bits per heavy atom. The smallest absolute Gasteiger partial charge is 0.119 e. The first-order valence-electron chi connectivity index (χ1n) is 9.61. The SMILES string of the molecule is C[C@H]1CN(C[C@H](O)COCCOc2ccc(C(C)(C)C)cc2)C[C@H](C)O1. The van der Waals surface area contributed by atoms with Gasteiger partial charge in [-0.2, -0.15) is 0 Å². The molecule has 0 aliphatic carbocycles. The summed E-state index contributed by atoms with van der Waals surface area (Å²) in [7, 11) is 0. The van der Waals surface area contributed by atoms with Crippen LogP contribution >= 0.6 is 0 Å². The van der Waals surface area contributed by atoms with Gasteiger partial charge in [-0.3, -0.25) is 4.90 Å². The molecule has 1 fully saturated rings. The molecule has 1 N–H and O–H groups in total. The maximum Gasteiger partial charge on any atom is 0.119 e. The second kappa shape index (κ2) is 9.70. The fourth-order valence-electron chi connectivity index (χ4n) is 3.27. The zero-order chi connectivity index (χ0) is 19.2. The number of β-amino-alcohol motifs (C(OH)–C–C–N with tert-alkyl or cyclic N) is 1. The van der Waals surface area contributed by atoms with Gasteiger partial charge in [-0.1, -0.05) is 32.9 Å². The number of nitrogens with zero attached hydrogens (tertiary/aromatic N) is 1. The Balaban J connectivity index is 1.60. The molecule has 0 spiro atoms. The first kappa shape index (κ1) is 21.2. The van der Waals surface area contributed by atoms with Crippen LogP contribution in [0.3, 0.4) is 0 Å². The van der Waals surface area contributed by atoms with E-state index < -0.39 is 6.10 Å². The fourth-order valence-corrected chi connectivity index (χ4v) is 3.27. The normalized spacial score (nSPS) is 23.0. The van der Waals surface area contributed by atoms with Crippen LogP contribution in [-0.4, -0.2) is 67.8 Å². The molecule has 0 unspecified atom stereocenters.